The average Bonchev–Trinajstić information content (AvgIpc) is 2.74. The van der Waals surface area contributed by atoms with Crippen LogP contribution in [-0.4, -0.2) is 48.0 Å². The molecule has 1 unspecified atom stereocenters. The molecule has 1 aliphatic heterocycles. The third-order valence-corrected chi connectivity index (χ3v) is 5.26. The standard InChI is InChI=1S/C22H24N4O/c1-17(25-13-15-26(16-14-25)21-11-4-5-12-23-21)22(27)24-20-10-6-8-18-7-2-3-9-19(18)20/h2-12,17H,13-16H2,1H3,(H,24,27). The van der Waals surface area contributed by atoms with Gasteiger partial charge in [-0.15, -0.1) is 0 Å². The van der Waals surface area contributed by atoms with Crippen LogP contribution in [0.15, 0.2) is 66.9 Å². The topological polar surface area (TPSA) is 48.5 Å². The summed E-state index contributed by atoms with van der Waals surface area (Å²) in [5.41, 5.74) is 0.872. The lowest BCUT2D eigenvalue weighted by molar-refractivity contribution is -0.120. The van der Waals surface area contributed by atoms with Crippen LogP contribution in [0.25, 0.3) is 10.8 Å². The molecule has 138 valence electrons. The normalized spacial score (nSPS) is 16.3. The Morgan fingerprint density at radius 1 is 0.963 bits per heavy atom. The van der Waals surface area contributed by atoms with E-state index >= 15 is 0 Å². The lowest BCUT2D eigenvalue weighted by atomic mass is 10.1. The first-order chi connectivity index (χ1) is 13.2. The van der Waals surface area contributed by atoms with Crippen molar-refractivity contribution < 1.29 is 4.79 Å². The molecular weight excluding hydrogens is 336 g/mol. The van der Waals surface area contributed by atoms with E-state index in [1.165, 1.54) is 0 Å². The van der Waals surface area contributed by atoms with Crippen LogP contribution in [0.1, 0.15) is 6.92 Å². The summed E-state index contributed by atoms with van der Waals surface area (Å²) in [6.45, 7) is 5.43. The summed E-state index contributed by atoms with van der Waals surface area (Å²) in [4.78, 5) is 21.8. The number of benzene rings is 2. The Labute approximate surface area is 159 Å². The number of nitrogens with one attached hydrogen (secondary N) is 1. The van der Waals surface area contributed by atoms with Crippen molar-refractivity contribution in [3.05, 3.63) is 66.9 Å². The minimum Gasteiger partial charge on any atom is -0.354 e. The number of anilines is 2. The average molecular weight is 360 g/mol. The van der Waals surface area contributed by atoms with Crippen LogP contribution in [0.2, 0.25) is 0 Å². The van der Waals surface area contributed by atoms with Gasteiger partial charge in [-0.05, 0) is 30.5 Å². The van der Waals surface area contributed by atoms with Crippen molar-refractivity contribution in [2.45, 2.75) is 13.0 Å². The molecule has 1 N–H and O–H groups in total. The van der Waals surface area contributed by atoms with Gasteiger partial charge in [-0.2, -0.15) is 0 Å². The van der Waals surface area contributed by atoms with E-state index in [9.17, 15) is 4.79 Å². The molecular formula is C22H24N4O. The Bertz CT molecular complexity index is 915. The molecule has 1 aliphatic rings. The molecule has 0 aliphatic carbocycles. The predicted octanol–water partition coefficient (Wildman–Crippen LogP) is 3.38. The molecule has 1 saturated heterocycles. The molecule has 1 aromatic heterocycles. The molecule has 27 heavy (non-hydrogen) atoms. The van der Waals surface area contributed by atoms with E-state index in [4.69, 9.17) is 0 Å². The molecule has 1 fully saturated rings. The second-order valence-corrected chi connectivity index (χ2v) is 6.90. The van der Waals surface area contributed by atoms with Gasteiger partial charge in [0.2, 0.25) is 5.91 Å². The smallest absolute Gasteiger partial charge is 0.241 e. The number of hydrogen-bond donors (Lipinski definition) is 1. The maximum absolute atomic E-state index is 12.8. The number of piperazine rings is 1. The first kappa shape index (κ1) is 17.5. The van der Waals surface area contributed by atoms with Gasteiger partial charge in [0.15, 0.2) is 0 Å². The zero-order valence-corrected chi connectivity index (χ0v) is 15.5. The molecule has 1 amide bonds. The molecule has 5 heteroatoms. The van der Waals surface area contributed by atoms with Crippen LogP contribution in [0.4, 0.5) is 11.5 Å². The Kier molecular flexibility index (Phi) is 5.03. The van der Waals surface area contributed by atoms with Crippen LogP contribution in [0.3, 0.4) is 0 Å². The maximum Gasteiger partial charge on any atom is 0.241 e. The van der Waals surface area contributed by atoms with Crippen LogP contribution in [0, 0.1) is 0 Å². The number of carbonyl (C=O) groups excluding carboxylic acids is 1. The molecule has 0 saturated carbocycles. The highest BCUT2D eigenvalue weighted by molar-refractivity contribution is 6.03. The molecule has 3 aromatic rings. The van der Waals surface area contributed by atoms with Crippen molar-refractivity contribution >= 4 is 28.2 Å². The summed E-state index contributed by atoms with van der Waals surface area (Å²) >= 11 is 0. The summed E-state index contributed by atoms with van der Waals surface area (Å²) in [6, 6.07) is 19.9. The van der Waals surface area contributed by atoms with Crippen LogP contribution >= 0.6 is 0 Å². The number of amides is 1. The summed E-state index contributed by atoms with van der Waals surface area (Å²) in [6.07, 6.45) is 1.82. The summed E-state index contributed by atoms with van der Waals surface area (Å²) in [5, 5.41) is 5.32. The van der Waals surface area contributed by atoms with Gasteiger partial charge >= 0.3 is 0 Å². The third kappa shape index (κ3) is 3.78. The Hall–Kier alpha value is -2.92. The van der Waals surface area contributed by atoms with E-state index < -0.39 is 0 Å². The minimum atomic E-state index is -0.171. The SMILES string of the molecule is CC(C(=O)Nc1cccc2ccccc12)N1CCN(c2ccccn2)CC1. The molecule has 2 aromatic carbocycles. The van der Waals surface area contributed by atoms with Crippen molar-refractivity contribution in [3.63, 3.8) is 0 Å². The van der Waals surface area contributed by atoms with E-state index in [0.717, 1.165) is 48.5 Å². The zero-order chi connectivity index (χ0) is 18.6. The summed E-state index contributed by atoms with van der Waals surface area (Å²) in [5.74, 6) is 1.04. The summed E-state index contributed by atoms with van der Waals surface area (Å²) in [7, 11) is 0. The number of pyridine rings is 1. The van der Waals surface area contributed by atoms with Gasteiger partial charge in [-0.25, -0.2) is 4.98 Å². The number of hydrogen-bond acceptors (Lipinski definition) is 4. The highest BCUT2D eigenvalue weighted by Gasteiger charge is 2.26. The third-order valence-electron chi connectivity index (χ3n) is 5.26. The lowest BCUT2D eigenvalue weighted by Crippen LogP contribution is -2.53. The van der Waals surface area contributed by atoms with E-state index in [0.29, 0.717) is 0 Å². The first-order valence-corrected chi connectivity index (χ1v) is 9.41. The number of aromatic nitrogens is 1. The lowest BCUT2D eigenvalue weighted by Gasteiger charge is -2.38. The Morgan fingerprint density at radius 2 is 1.70 bits per heavy atom. The predicted molar refractivity (Wildman–Crippen MR) is 110 cm³/mol. The second-order valence-electron chi connectivity index (χ2n) is 6.90. The van der Waals surface area contributed by atoms with Crippen LogP contribution in [-0.2, 0) is 4.79 Å². The fraction of sp³-hybridized carbons (Fsp3) is 0.273. The number of carbonyl (C=O) groups is 1. The second kappa shape index (κ2) is 7.76. The van der Waals surface area contributed by atoms with Crippen LogP contribution in [0.5, 0.6) is 0 Å². The molecule has 2 heterocycles. The van der Waals surface area contributed by atoms with Gasteiger partial charge in [0, 0.05) is 43.4 Å². The zero-order valence-electron chi connectivity index (χ0n) is 15.5. The minimum absolute atomic E-state index is 0.0395. The Morgan fingerprint density at radius 3 is 2.48 bits per heavy atom. The molecule has 0 radical (unpaired) electrons. The van der Waals surface area contributed by atoms with Crippen molar-refractivity contribution in [2.24, 2.45) is 0 Å². The van der Waals surface area contributed by atoms with Crippen molar-refractivity contribution in [3.8, 4) is 0 Å². The van der Waals surface area contributed by atoms with Gasteiger partial charge < -0.3 is 10.2 Å². The number of rotatable bonds is 4. The first-order valence-electron chi connectivity index (χ1n) is 9.41. The highest BCUT2D eigenvalue weighted by atomic mass is 16.2. The van der Waals surface area contributed by atoms with Crippen molar-refractivity contribution in [2.75, 3.05) is 36.4 Å². The van der Waals surface area contributed by atoms with E-state index in [2.05, 4.69) is 32.2 Å². The quantitative estimate of drug-likeness (QED) is 0.775. The van der Waals surface area contributed by atoms with Gasteiger partial charge in [0.1, 0.15) is 5.82 Å². The van der Waals surface area contributed by atoms with Gasteiger partial charge in [0.05, 0.1) is 6.04 Å². The van der Waals surface area contributed by atoms with Crippen LogP contribution < -0.4 is 10.2 Å². The largest absolute Gasteiger partial charge is 0.354 e. The van der Waals surface area contributed by atoms with Crippen molar-refractivity contribution in [1.82, 2.24) is 9.88 Å². The van der Waals surface area contributed by atoms with E-state index in [1.54, 1.807) is 0 Å². The number of nitrogens with zero attached hydrogens (tertiary/aromatic N) is 3. The maximum atomic E-state index is 12.8. The fourth-order valence-corrected chi connectivity index (χ4v) is 3.62. The Balaban J connectivity index is 1.40. The van der Waals surface area contributed by atoms with E-state index in [-0.39, 0.29) is 11.9 Å². The monoisotopic (exact) mass is 360 g/mol. The number of fused-ring (bicyclic) bond motifs is 1. The molecule has 0 spiro atoms. The molecule has 4 rings (SSSR count). The van der Waals surface area contributed by atoms with Gasteiger partial charge in [-0.3, -0.25) is 9.69 Å². The van der Waals surface area contributed by atoms with Crippen molar-refractivity contribution in [1.29, 1.82) is 0 Å². The molecule has 5 nitrogen and oxygen atoms in total. The molecule has 1 atom stereocenters. The summed E-state index contributed by atoms with van der Waals surface area (Å²) < 4.78 is 0. The van der Waals surface area contributed by atoms with E-state index in [1.807, 2.05) is 61.7 Å². The fourth-order valence-electron chi connectivity index (χ4n) is 3.62. The van der Waals surface area contributed by atoms with Gasteiger partial charge in [-0.1, -0.05) is 42.5 Å². The molecule has 0 bridgehead atoms. The van der Waals surface area contributed by atoms with Gasteiger partial charge in [0.25, 0.3) is 0 Å². The highest BCUT2D eigenvalue weighted by Crippen LogP contribution is 2.23.